The second-order valence-corrected chi connectivity index (χ2v) is 8.48. The van der Waals surface area contributed by atoms with E-state index < -0.39 is 0 Å². The van der Waals surface area contributed by atoms with E-state index in [-0.39, 0.29) is 6.61 Å². The van der Waals surface area contributed by atoms with Gasteiger partial charge in [-0.05, 0) is 75.4 Å². The van der Waals surface area contributed by atoms with Crippen molar-refractivity contribution in [2.75, 3.05) is 0 Å². The van der Waals surface area contributed by atoms with Crippen molar-refractivity contribution < 1.29 is 5.11 Å². The number of aliphatic hydroxyl groups is 1. The van der Waals surface area contributed by atoms with E-state index in [9.17, 15) is 5.11 Å². The van der Waals surface area contributed by atoms with Crippen LogP contribution in [0.2, 0.25) is 0 Å². The molecule has 0 spiro atoms. The first-order chi connectivity index (χ1) is 12.8. The minimum absolute atomic E-state index is 0.112. The van der Waals surface area contributed by atoms with Crippen LogP contribution < -0.4 is 0 Å². The van der Waals surface area contributed by atoms with Crippen LogP contribution in [0.1, 0.15) is 55.2 Å². The monoisotopic (exact) mass is 344 g/mol. The van der Waals surface area contributed by atoms with E-state index in [1.807, 2.05) is 0 Å². The molecule has 0 aromatic heterocycles. The van der Waals surface area contributed by atoms with Crippen LogP contribution in [0.15, 0.2) is 42.5 Å². The molecule has 0 saturated heterocycles. The minimum atomic E-state index is 0.112. The Balaban J connectivity index is 1.59. The van der Waals surface area contributed by atoms with Gasteiger partial charge < -0.3 is 5.11 Å². The van der Waals surface area contributed by atoms with Crippen LogP contribution in [0.3, 0.4) is 0 Å². The Bertz CT molecular complexity index is 949. The van der Waals surface area contributed by atoms with Crippen molar-refractivity contribution >= 4 is 21.5 Å². The standard InChI is InChI=1S/C25H28O/c26-16-17-6-11-22-21(14-17)10-13-24-23(22)12-9-19-7-8-20(15-25(19)24)18-4-2-1-3-5-18/h6,9-14,18,20,26H,1-5,7-8,15-16H2. The second-order valence-electron chi connectivity index (χ2n) is 8.48. The molecule has 0 aliphatic heterocycles. The van der Waals surface area contributed by atoms with Gasteiger partial charge in [0.15, 0.2) is 0 Å². The maximum Gasteiger partial charge on any atom is 0.0682 e. The van der Waals surface area contributed by atoms with Crippen LogP contribution in [-0.4, -0.2) is 5.11 Å². The van der Waals surface area contributed by atoms with Crippen LogP contribution >= 0.6 is 0 Å². The molecule has 134 valence electrons. The molecule has 1 fully saturated rings. The van der Waals surface area contributed by atoms with Gasteiger partial charge in [0.1, 0.15) is 0 Å². The van der Waals surface area contributed by atoms with Crippen molar-refractivity contribution in [3.63, 3.8) is 0 Å². The van der Waals surface area contributed by atoms with Crippen LogP contribution in [-0.2, 0) is 19.4 Å². The Kier molecular flexibility index (Phi) is 4.21. The molecule has 3 aromatic rings. The highest BCUT2D eigenvalue weighted by Crippen LogP contribution is 2.41. The van der Waals surface area contributed by atoms with E-state index in [1.54, 1.807) is 11.1 Å². The third-order valence-corrected chi connectivity index (χ3v) is 7.04. The van der Waals surface area contributed by atoms with Gasteiger partial charge in [-0.2, -0.15) is 0 Å². The molecule has 0 radical (unpaired) electrons. The quantitative estimate of drug-likeness (QED) is 0.551. The summed E-state index contributed by atoms with van der Waals surface area (Å²) >= 11 is 0. The summed E-state index contributed by atoms with van der Waals surface area (Å²) in [5.74, 6) is 1.85. The van der Waals surface area contributed by atoms with Crippen molar-refractivity contribution in [2.24, 2.45) is 11.8 Å². The fraction of sp³-hybridized carbons (Fsp3) is 0.440. The summed E-state index contributed by atoms with van der Waals surface area (Å²) < 4.78 is 0. The van der Waals surface area contributed by atoms with Crippen molar-refractivity contribution in [3.8, 4) is 0 Å². The van der Waals surface area contributed by atoms with Gasteiger partial charge in [-0.3, -0.25) is 0 Å². The number of hydrogen-bond acceptors (Lipinski definition) is 1. The fourth-order valence-electron chi connectivity index (χ4n) is 5.59. The Morgan fingerprint density at radius 1 is 0.769 bits per heavy atom. The van der Waals surface area contributed by atoms with Crippen LogP contribution in [0, 0.1) is 11.8 Å². The molecule has 26 heavy (non-hydrogen) atoms. The third kappa shape index (κ3) is 2.74. The summed E-state index contributed by atoms with van der Waals surface area (Å²) in [5.41, 5.74) is 4.19. The van der Waals surface area contributed by atoms with Crippen LogP contribution in [0.4, 0.5) is 0 Å². The zero-order valence-corrected chi connectivity index (χ0v) is 15.5. The van der Waals surface area contributed by atoms with Crippen molar-refractivity contribution in [1.29, 1.82) is 0 Å². The van der Waals surface area contributed by atoms with Crippen molar-refractivity contribution in [3.05, 3.63) is 59.2 Å². The molecule has 1 unspecified atom stereocenters. The van der Waals surface area contributed by atoms with E-state index in [4.69, 9.17) is 0 Å². The number of rotatable bonds is 2. The first kappa shape index (κ1) is 16.3. The van der Waals surface area contributed by atoms with Crippen molar-refractivity contribution in [2.45, 2.75) is 58.0 Å². The number of fused-ring (bicyclic) bond motifs is 5. The summed E-state index contributed by atoms with van der Waals surface area (Å²) in [4.78, 5) is 0. The number of hydrogen-bond donors (Lipinski definition) is 1. The maximum absolute atomic E-state index is 9.42. The van der Waals surface area contributed by atoms with Gasteiger partial charge in [0.2, 0.25) is 0 Å². The van der Waals surface area contributed by atoms with E-state index >= 15 is 0 Å². The largest absolute Gasteiger partial charge is 0.392 e. The molecule has 5 rings (SSSR count). The van der Waals surface area contributed by atoms with Gasteiger partial charge in [-0.15, -0.1) is 0 Å². The molecule has 2 aliphatic rings. The van der Waals surface area contributed by atoms with Gasteiger partial charge in [-0.25, -0.2) is 0 Å². The zero-order chi connectivity index (χ0) is 17.5. The number of benzene rings is 3. The molecule has 2 aliphatic carbocycles. The average Bonchev–Trinajstić information content (AvgIpc) is 2.73. The predicted molar refractivity (Wildman–Crippen MR) is 109 cm³/mol. The summed E-state index contributed by atoms with van der Waals surface area (Å²) in [6.45, 7) is 0.112. The molecule has 0 bridgehead atoms. The highest BCUT2D eigenvalue weighted by atomic mass is 16.3. The van der Waals surface area contributed by atoms with Gasteiger partial charge in [-0.1, -0.05) is 68.5 Å². The molecule has 3 aromatic carbocycles. The number of aliphatic hydroxyl groups excluding tert-OH is 1. The first-order valence-corrected chi connectivity index (χ1v) is 10.4. The molecule has 1 atom stereocenters. The summed E-state index contributed by atoms with van der Waals surface area (Å²) in [6.07, 6.45) is 11.2. The van der Waals surface area contributed by atoms with Gasteiger partial charge >= 0.3 is 0 Å². The molecule has 1 nitrogen and oxygen atoms in total. The predicted octanol–water partition coefficient (Wildman–Crippen LogP) is 6.17. The van der Waals surface area contributed by atoms with Gasteiger partial charge in [0, 0.05) is 0 Å². The summed E-state index contributed by atoms with van der Waals surface area (Å²) in [7, 11) is 0. The Morgan fingerprint density at radius 2 is 1.58 bits per heavy atom. The second kappa shape index (κ2) is 6.70. The fourth-order valence-corrected chi connectivity index (χ4v) is 5.59. The Morgan fingerprint density at radius 3 is 2.42 bits per heavy atom. The molecule has 1 heteroatoms. The maximum atomic E-state index is 9.42. The Hall–Kier alpha value is -1.86. The lowest BCUT2D eigenvalue weighted by atomic mass is 9.71. The molecule has 0 amide bonds. The van der Waals surface area contributed by atoms with E-state index in [1.165, 1.54) is 72.9 Å². The molecular formula is C25H28O. The topological polar surface area (TPSA) is 20.2 Å². The summed E-state index contributed by atoms with van der Waals surface area (Å²) in [5, 5.41) is 14.8. The molecule has 1 N–H and O–H groups in total. The SMILES string of the molecule is OCc1ccc2c(ccc3c4c(ccc32)CCC(C2CCCCC2)C4)c1. The van der Waals surface area contributed by atoms with Crippen LogP contribution in [0.5, 0.6) is 0 Å². The Labute approximate surface area is 156 Å². The van der Waals surface area contributed by atoms with Crippen molar-refractivity contribution in [1.82, 2.24) is 0 Å². The van der Waals surface area contributed by atoms with Gasteiger partial charge in [0.25, 0.3) is 0 Å². The number of aryl methyl sites for hydroxylation is 1. The average molecular weight is 344 g/mol. The highest BCUT2D eigenvalue weighted by molar-refractivity contribution is 6.09. The first-order valence-electron chi connectivity index (χ1n) is 10.4. The lowest BCUT2D eigenvalue weighted by Crippen LogP contribution is -2.24. The van der Waals surface area contributed by atoms with E-state index in [2.05, 4.69) is 42.5 Å². The smallest absolute Gasteiger partial charge is 0.0682 e. The molecule has 1 saturated carbocycles. The minimum Gasteiger partial charge on any atom is -0.392 e. The van der Waals surface area contributed by atoms with E-state index in [0.29, 0.717) is 0 Å². The third-order valence-electron chi connectivity index (χ3n) is 7.04. The lowest BCUT2D eigenvalue weighted by Gasteiger charge is -2.34. The lowest BCUT2D eigenvalue weighted by molar-refractivity contribution is 0.228. The summed E-state index contributed by atoms with van der Waals surface area (Å²) in [6, 6.07) is 15.7. The normalized spacial score (nSPS) is 21.2. The molecular weight excluding hydrogens is 316 g/mol. The zero-order valence-electron chi connectivity index (χ0n) is 15.5. The van der Waals surface area contributed by atoms with Crippen LogP contribution in [0.25, 0.3) is 21.5 Å². The highest BCUT2D eigenvalue weighted by Gasteiger charge is 2.28. The van der Waals surface area contributed by atoms with E-state index in [0.717, 1.165) is 17.4 Å². The molecule has 0 heterocycles. The van der Waals surface area contributed by atoms with Gasteiger partial charge in [0.05, 0.1) is 6.61 Å².